The van der Waals surface area contributed by atoms with E-state index in [1.807, 2.05) is 0 Å². The van der Waals surface area contributed by atoms with E-state index in [1.54, 1.807) is 18.2 Å². The zero-order valence-electron chi connectivity index (χ0n) is 12.0. The highest BCUT2D eigenvalue weighted by atomic mass is 32.2. The van der Waals surface area contributed by atoms with Crippen molar-refractivity contribution in [3.05, 3.63) is 56.5 Å². The van der Waals surface area contributed by atoms with Gasteiger partial charge in [-0.1, -0.05) is 12.1 Å². The van der Waals surface area contributed by atoms with Gasteiger partial charge in [-0.15, -0.1) is 11.8 Å². The summed E-state index contributed by atoms with van der Waals surface area (Å²) in [6.07, 6.45) is 1.57. The predicted molar refractivity (Wildman–Crippen MR) is 85.5 cm³/mol. The monoisotopic (exact) mass is 335 g/mol. The van der Waals surface area contributed by atoms with Crippen molar-refractivity contribution < 1.29 is 9.18 Å². The Morgan fingerprint density at radius 2 is 2.04 bits per heavy atom. The molecule has 0 bridgehead atoms. The number of nitrogen functional groups attached to an aromatic ring is 1. The number of aromatic nitrogens is 2. The van der Waals surface area contributed by atoms with Gasteiger partial charge in [-0.2, -0.15) is 0 Å². The van der Waals surface area contributed by atoms with Crippen molar-refractivity contribution in [1.29, 1.82) is 0 Å². The van der Waals surface area contributed by atoms with Gasteiger partial charge in [-0.05, 0) is 25.0 Å². The molecule has 1 heterocycles. The molecule has 1 fully saturated rings. The van der Waals surface area contributed by atoms with E-state index in [0.29, 0.717) is 4.90 Å². The third-order valence-corrected chi connectivity index (χ3v) is 4.62. The van der Waals surface area contributed by atoms with Crippen LogP contribution in [0.2, 0.25) is 0 Å². The number of nitrogens with zero attached hydrogens (tertiary/aromatic N) is 1. The first kappa shape index (κ1) is 15.5. The third kappa shape index (κ3) is 3.07. The van der Waals surface area contributed by atoms with E-state index in [0.717, 1.165) is 24.6 Å². The molecule has 0 radical (unpaired) electrons. The normalized spacial score (nSPS) is 14.0. The summed E-state index contributed by atoms with van der Waals surface area (Å²) in [6, 6.07) is 5.98. The van der Waals surface area contributed by atoms with Gasteiger partial charge >= 0.3 is 5.69 Å². The van der Waals surface area contributed by atoms with Crippen molar-refractivity contribution in [3.8, 4) is 0 Å². The molecule has 0 saturated heterocycles. The Bertz CT molecular complexity index is 886. The summed E-state index contributed by atoms with van der Waals surface area (Å²) >= 11 is 0.981. The molecule has 2 aromatic rings. The minimum absolute atomic E-state index is 0.0647. The largest absolute Gasteiger partial charge is 0.384 e. The molecule has 1 aliphatic carbocycles. The molecular weight excluding hydrogens is 321 g/mol. The predicted octanol–water partition coefficient (Wildman–Crippen LogP) is 1.57. The molecule has 1 aromatic heterocycles. The molecule has 8 heteroatoms. The number of H-pyrrole nitrogens is 1. The maximum absolute atomic E-state index is 13.6. The van der Waals surface area contributed by atoms with Gasteiger partial charge in [0.25, 0.3) is 5.56 Å². The summed E-state index contributed by atoms with van der Waals surface area (Å²) in [5.74, 6) is -1.22. The first-order valence-electron chi connectivity index (χ1n) is 7.04. The lowest BCUT2D eigenvalue weighted by atomic mass is 10.2. The Hall–Kier alpha value is -2.35. The Balaban J connectivity index is 1.88. The number of Topliss-reactive ketones (excluding diaryl/α,β-unsaturated/α-hetero) is 1. The molecule has 23 heavy (non-hydrogen) atoms. The lowest BCUT2D eigenvalue weighted by molar-refractivity contribution is 0.102. The maximum Gasteiger partial charge on any atom is 0.330 e. The molecule has 0 spiro atoms. The molecule has 120 valence electrons. The number of rotatable bonds is 5. The summed E-state index contributed by atoms with van der Waals surface area (Å²) in [5.41, 5.74) is 4.22. The molecule has 1 aromatic carbocycles. The second kappa shape index (κ2) is 6.04. The summed E-state index contributed by atoms with van der Waals surface area (Å²) < 4.78 is 14.8. The zero-order valence-corrected chi connectivity index (χ0v) is 12.9. The molecule has 3 N–H and O–H groups in total. The van der Waals surface area contributed by atoms with Gasteiger partial charge in [0.2, 0.25) is 0 Å². The molecule has 0 aliphatic heterocycles. The number of hydrogen-bond donors (Lipinski definition) is 2. The number of carbonyl (C=O) groups excluding carboxylic acids is 1. The van der Waals surface area contributed by atoms with Gasteiger partial charge in [0.1, 0.15) is 17.2 Å². The minimum Gasteiger partial charge on any atom is -0.384 e. The number of benzene rings is 1. The number of nitrogens with two attached hydrogens (primary N) is 1. The van der Waals surface area contributed by atoms with Crippen LogP contribution in [0.4, 0.5) is 10.2 Å². The number of ketones is 1. The van der Waals surface area contributed by atoms with E-state index in [4.69, 9.17) is 5.73 Å². The fourth-order valence-electron chi connectivity index (χ4n) is 2.31. The van der Waals surface area contributed by atoms with Gasteiger partial charge in [-0.25, -0.2) is 9.18 Å². The molecular formula is C15H14FN3O3S. The second-order valence-electron chi connectivity index (χ2n) is 5.26. The van der Waals surface area contributed by atoms with E-state index in [2.05, 4.69) is 4.98 Å². The SMILES string of the molecule is Nc1c(C(=O)CSc2ccccc2F)c(=O)[nH]c(=O)n1C1CC1. The number of anilines is 1. The van der Waals surface area contributed by atoms with Crippen molar-refractivity contribution in [1.82, 2.24) is 9.55 Å². The lowest BCUT2D eigenvalue weighted by Gasteiger charge is -2.11. The molecule has 6 nitrogen and oxygen atoms in total. The van der Waals surface area contributed by atoms with Crippen LogP contribution in [-0.4, -0.2) is 21.1 Å². The van der Waals surface area contributed by atoms with E-state index >= 15 is 0 Å². The van der Waals surface area contributed by atoms with Crippen molar-refractivity contribution in [2.45, 2.75) is 23.8 Å². The third-order valence-electron chi connectivity index (χ3n) is 3.57. The highest BCUT2D eigenvalue weighted by Crippen LogP contribution is 2.35. The van der Waals surface area contributed by atoms with Crippen molar-refractivity contribution in [3.63, 3.8) is 0 Å². The first-order chi connectivity index (χ1) is 11.0. The molecule has 0 amide bonds. The van der Waals surface area contributed by atoms with Gasteiger partial charge in [0.05, 0.1) is 5.75 Å². The fourth-order valence-corrected chi connectivity index (χ4v) is 3.12. The maximum atomic E-state index is 13.6. The van der Waals surface area contributed by atoms with Crippen LogP contribution in [0.25, 0.3) is 0 Å². The van der Waals surface area contributed by atoms with Gasteiger partial charge in [0.15, 0.2) is 5.78 Å². The number of thioether (sulfide) groups is 1. The second-order valence-corrected chi connectivity index (χ2v) is 6.28. The summed E-state index contributed by atoms with van der Waals surface area (Å²) in [7, 11) is 0. The zero-order chi connectivity index (χ0) is 16.6. The molecule has 3 rings (SSSR count). The Morgan fingerprint density at radius 1 is 1.35 bits per heavy atom. The van der Waals surface area contributed by atoms with Crippen molar-refractivity contribution in [2.75, 3.05) is 11.5 Å². The van der Waals surface area contributed by atoms with Crippen LogP contribution < -0.4 is 17.0 Å². The van der Waals surface area contributed by atoms with Crippen LogP contribution in [0, 0.1) is 5.82 Å². The highest BCUT2D eigenvalue weighted by molar-refractivity contribution is 8.00. The van der Waals surface area contributed by atoms with Crippen LogP contribution >= 0.6 is 11.8 Å². The van der Waals surface area contributed by atoms with E-state index in [-0.39, 0.29) is 23.2 Å². The minimum atomic E-state index is -0.802. The fraction of sp³-hybridized carbons (Fsp3) is 0.267. The van der Waals surface area contributed by atoms with Crippen LogP contribution in [-0.2, 0) is 0 Å². The Morgan fingerprint density at radius 3 is 2.70 bits per heavy atom. The molecule has 1 aliphatic rings. The van der Waals surface area contributed by atoms with E-state index in [1.165, 1.54) is 10.6 Å². The van der Waals surface area contributed by atoms with Gasteiger partial charge < -0.3 is 5.73 Å². The van der Waals surface area contributed by atoms with Crippen LogP contribution in [0.15, 0.2) is 38.8 Å². The first-order valence-corrected chi connectivity index (χ1v) is 8.02. The number of nitrogens with one attached hydrogen (secondary N) is 1. The average Bonchev–Trinajstić information content (AvgIpc) is 3.30. The number of hydrogen-bond acceptors (Lipinski definition) is 5. The van der Waals surface area contributed by atoms with Crippen LogP contribution in [0.1, 0.15) is 29.2 Å². The van der Waals surface area contributed by atoms with Gasteiger partial charge in [-0.3, -0.25) is 19.1 Å². The van der Waals surface area contributed by atoms with Crippen molar-refractivity contribution in [2.24, 2.45) is 0 Å². The average molecular weight is 335 g/mol. The van der Waals surface area contributed by atoms with E-state index in [9.17, 15) is 18.8 Å². The van der Waals surface area contributed by atoms with Crippen LogP contribution in [0.3, 0.4) is 0 Å². The quantitative estimate of drug-likeness (QED) is 0.638. The van der Waals surface area contributed by atoms with Gasteiger partial charge in [0, 0.05) is 10.9 Å². The topological polar surface area (TPSA) is 98.0 Å². The smallest absolute Gasteiger partial charge is 0.330 e. The summed E-state index contributed by atoms with van der Waals surface area (Å²) in [6.45, 7) is 0. The summed E-state index contributed by atoms with van der Waals surface area (Å²) in [5, 5.41) is 0. The molecule has 0 unspecified atom stereocenters. The Kier molecular flexibility index (Phi) is 4.08. The number of halogens is 1. The summed E-state index contributed by atoms with van der Waals surface area (Å²) in [4.78, 5) is 38.5. The molecule has 1 saturated carbocycles. The number of aromatic amines is 1. The Labute approximate surface area is 134 Å². The molecule has 0 atom stereocenters. The van der Waals surface area contributed by atoms with E-state index < -0.39 is 22.8 Å². The lowest BCUT2D eigenvalue weighted by Crippen LogP contribution is -2.36. The highest BCUT2D eigenvalue weighted by Gasteiger charge is 2.29. The van der Waals surface area contributed by atoms with Crippen molar-refractivity contribution >= 4 is 23.4 Å². The van der Waals surface area contributed by atoms with Crippen LogP contribution in [0.5, 0.6) is 0 Å². The standard InChI is InChI=1S/C15H14FN3O3S/c16-9-3-1-2-4-11(9)23-7-10(20)12-13(17)19(8-5-6-8)15(22)18-14(12)21/h1-4,8H,5-7,17H2,(H,18,21,22). The number of carbonyl (C=O) groups is 1.